The Morgan fingerprint density at radius 2 is 2.00 bits per heavy atom. The first-order valence-electron chi connectivity index (χ1n) is 3.97. The molecule has 0 unspecified atom stereocenters. The fourth-order valence-corrected chi connectivity index (χ4v) is 1.22. The molecule has 86 valence electrons. The lowest BCUT2D eigenvalue weighted by Gasteiger charge is -2.10. The fraction of sp³-hybridized carbons (Fsp3) is 0.111. The van der Waals surface area contributed by atoms with Crippen LogP contribution in [-0.2, 0) is 15.8 Å². The molecule has 0 heterocycles. The topological polar surface area (TPSA) is 46.2 Å². The summed E-state index contributed by atoms with van der Waals surface area (Å²) in [5.74, 6) is -1.03. The SMILES string of the molecule is O=CC(=O)Nc1ccc(Cl)c(C(F)(F)F)c1. The lowest BCUT2D eigenvalue weighted by Crippen LogP contribution is -2.13. The average Bonchev–Trinajstić information content (AvgIpc) is 2.19. The van der Waals surface area contributed by atoms with E-state index in [1.807, 2.05) is 5.32 Å². The van der Waals surface area contributed by atoms with E-state index in [0.29, 0.717) is 6.07 Å². The molecule has 0 aliphatic heterocycles. The Kier molecular flexibility index (Phi) is 3.54. The highest BCUT2D eigenvalue weighted by atomic mass is 35.5. The molecule has 0 fully saturated rings. The maximum atomic E-state index is 12.4. The Morgan fingerprint density at radius 1 is 1.38 bits per heavy atom. The molecule has 0 aliphatic carbocycles. The molecule has 1 aromatic carbocycles. The number of hydrogen-bond donors (Lipinski definition) is 1. The number of benzene rings is 1. The maximum Gasteiger partial charge on any atom is 0.417 e. The number of nitrogens with one attached hydrogen (secondary N) is 1. The zero-order valence-corrected chi connectivity index (χ0v) is 8.39. The standard InChI is InChI=1S/C9H5ClF3NO2/c10-7-2-1-5(14-8(16)4-15)3-6(7)9(11,12)13/h1-4H,(H,14,16). The summed E-state index contributed by atoms with van der Waals surface area (Å²) in [7, 11) is 0. The van der Waals surface area contributed by atoms with Gasteiger partial charge in [0.1, 0.15) is 0 Å². The van der Waals surface area contributed by atoms with E-state index in [2.05, 4.69) is 0 Å². The van der Waals surface area contributed by atoms with Crippen LogP contribution in [0.25, 0.3) is 0 Å². The van der Waals surface area contributed by atoms with E-state index in [9.17, 15) is 22.8 Å². The summed E-state index contributed by atoms with van der Waals surface area (Å²) in [5.41, 5.74) is -1.22. The highest BCUT2D eigenvalue weighted by Crippen LogP contribution is 2.36. The van der Waals surface area contributed by atoms with Gasteiger partial charge in [0.05, 0.1) is 10.6 Å². The van der Waals surface area contributed by atoms with Crippen molar-refractivity contribution in [1.82, 2.24) is 0 Å². The number of hydrogen-bond acceptors (Lipinski definition) is 2. The first-order chi connectivity index (χ1) is 7.34. The number of amides is 1. The number of rotatable bonds is 2. The van der Waals surface area contributed by atoms with Crippen molar-refractivity contribution in [2.75, 3.05) is 5.32 Å². The third kappa shape index (κ3) is 2.96. The Balaban J connectivity index is 3.08. The van der Waals surface area contributed by atoms with Crippen LogP contribution < -0.4 is 5.32 Å². The highest BCUT2D eigenvalue weighted by molar-refractivity contribution is 6.32. The molecule has 0 saturated carbocycles. The van der Waals surface area contributed by atoms with Crippen molar-refractivity contribution in [3.05, 3.63) is 28.8 Å². The van der Waals surface area contributed by atoms with Gasteiger partial charge in [-0.2, -0.15) is 13.2 Å². The maximum absolute atomic E-state index is 12.4. The number of aldehydes is 1. The molecule has 3 nitrogen and oxygen atoms in total. The molecule has 0 aliphatic rings. The molecule has 0 spiro atoms. The molecule has 1 rings (SSSR count). The second kappa shape index (κ2) is 4.52. The van der Waals surface area contributed by atoms with E-state index in [0.717, 1.165) is 6.07 Å². The van der Waals surface area contributed by atoms with E-state index >= 15 is 0 Å². The Bertz CT molecular complexity index is 431. The quantitative estimate of drug-likeness (QED) is 0.648. The second-order valence-electron chi connectivity index (χ2n) is 2.80. The number of alkyl halides is 3. The summed E-state index contributed by atoms with van der Waals surface area (Å²) in [5, 5.41) is 1.49. The van der Waals surface area contributed by atoms with Crippen molar-refractivity contribution < 1.29 is 22.8 Å². The highest BCUT2D eigenvalue weighted by Gasteiger charge is 2.33. The van der Waals surface area contributed by atoms with E-state index in [1.54, 1.807) is 0 Å². The number of carbonyl (C=O) groups excluding carboxylic acids is 2. The largest absolute Gasteiger partial charge is 0.417 e. The van der Waals surface area contributed by atoms with Crippen molar-refractivity contribution in [2.45, 2.75) is 6.18 Å². The minimum absolute atomic E-state index is 0.0398. The van der Waals surface area contributed by atoms with E-state index in [4.69, 9.17) is 11.6 Å². The lowest BCUT2D eigenvalue weighted by molar-refractivity contribution is -0.137. The summed E-state index contributed by atoms with van der Waals surface area (Å²) >= 11 is 5.35. The van der Waals surface area contributed by atoms with Crippen LogP contribution in [-0.4, -0.2) is 12.2 Å². The van der Waals surface area contributed by atoms with Gasteiger partial charge in [0, 0.05) is 5.69 Å². The zero-order chi connectivity index (χ0) is 12.3. The van der Waals surface area contributed by atoms with Gasteiger partial charge in [-0.15, -0.1) is 0 Å². The molecule has 1 amide bonds. The third-order valence-corrected chi connectivity index (χ3v) is 1.98. The van der Waals surface area contributed by atoms with Crippen LogP contribution in [0, 0.1) is 0 Å². The molecular formula is C9H5ClF3NO2. The molecule has 0 aromatic heterocycles. The molecule has 0 radical (unpaired) electrons. The third-order valence-electron chi connectivity index (χ3n) is 1.65. The van der Waals surface area contributed by atoms with Crippen molar-refractivity contribution >= 4 is 29.5 Å². The first-order valence-corrected chi connectivity index (χ1v) is 4.35. The summed E-state index contributed by atoms with van der Waals surface area (Å²) < 4.78 is 37.1. The Labute approximate surface area is 93.2 Å². The summed E-state index contributed by atoms with van der Waals surface area (Å²) in [6.07, 6.45) is -4.65. The van der Waals surface area contributed by atoms with E-state index < -0.39 is 22.7 Å². The summed E-state index contributed by atoms with van der Waals surface area (Å²) in [4.78, 5) is 20.6. The van der Waals surface area contributed by atoms with Crippen LogP contribution >= 0.6 is 11.6 Å². The van der Waals surface area contributed by atoms with Gasteiger partial charge in [0.2, 0.25) is 6.29 Å². The predicted octanol–water partition coefficient (Wildman–Crippen LogP) is 2.50. The molecule has 7 heteroatoms. The minimum atomic E-state index is -4.61. The lowest BCUT2D eigenvalue weighted by atomic mass is 10.2. The van der Waals surface area contributed by atoms with Crippen LogP contribution in [0.2, 0.25) is 5.02 Å². The second-order valence-corrected chi connectivity index (χ2v) is 3.21. The molecule has 0 saturated heterocycles. The van der Waals surface area contributed by atoms with Crippen molar-refractivity contribution in [2.24, 2.45) is 0 Å². The van der Waals surface area contributed by atoms with Gasteiger partial charge >= 0.3 is 6.18 Å². The van der Waals surface area contributed by atoms with Crippen LogP contribution in [0.1, 0.15) is 5.56 Å². The van der Waals surface area contributed by atoms with Crippen LogP contribution in [0.5, 0.6) is 0 Å². The zero-order valence-electron chi connectivity index (χ0n) is 7.64. The number of halogens is 4. The first kappa shape index (κ1) is 12.5. The van der Waals surface area contributed by atoms with Gasteiger partial charge in [0.15, 0.2) is 0 Å². The monoisotopic (exact) mass is 251 g/mol. The number of carbonyl (C=O) groups is 2. The van der Waals surface area contributed by atoms with Crippen molar-refractivity contribution in [3.8, 4) is 0 Å². The average molecular weight is 252 g/mol. The molecular weight excluding hydrogens is 247 g/mol. The van der Waals surface area contributed by atoms with Gasteiger partial charge in [-0.1, -0.05) is 11.6 Å². The summed E-state index contributed by atoms with van der Waals surface area (Å²) in [6, 6.07) is 2.81. The van der Waals surface area contributed by atoms with Crippen LogP contribution in [0.4, 0.5) is 18.9 Å². The van der Waals surface area contributed by atoms with Gasteiger partial charge in [-0.3, -0.25) is 9.59 Å². The molecule has 0 bridgehead atoms. The minimum Gasteiger partial charge on any atom is -0.320 e. The van der Waals surface area contributed by atoms with Crippen molar-refractivity contribution in [3.63, 3.8) is 0 Å². The molecule has 1 N–H and O–H groups in total. The summed E-state index contributed by atoms with van der Waals surface area (Å²) in [6.45, 7) is 0. The Hall–Kier alpha value is -1.56. The van der Waals surface area contributed by atoms with Crippen LogP contribution in [0.3, 0.4) is 0 Å². The van der Waals surface area contributed by atoms with Gasteiger partial charge in [-0.05, 0) is 18.2 Å². The Morgan fingerprint density at radius 3 is 2.50 bits per heavy atom. The van der Waals surface area contributed by atoms with Gasteiger partial charge in [0.25, 0.3) is 5.91 Å². The number of anilines is 1. The predicted molar refractivity (Wildman–Crippen MR) is 51.1 cm³/mol. The van der Waals surface area contributed by atoms with E-state index in [-0.39, 0.29) is 12.0 Å². The van der Waals surface area contributed by atoms with Gasteiger partial charge < -0.3 is 5.32 Å². The molecule has 1 aromatic rings. The smallest absolute Gasteiger partial charge is 0.320 e. The van der Waals surface area contributed by atoms with Gasteiger partial charge in [-0.25, -0.2) is 0 Å². The molecule has 0 atom stereocenters. The fourth-order valence-electron chi connectivity index (χ4n) is 0.992. The van der Waals surface area contributed by atoms with Crippen LogP contribution in [0.15, 0.2) is 18.2 Å². The van der Waals surface area contributed by atoms with E-state index in [1.165, 1.54) is 6.07 Å². The molecule has 16 heavy (non-hydrogen) atoms. The normalized spacial score (nSPS) is 11.0. The van der Waals surface area contributed by atoms with Crippen molar-refractivity contribution in [1.29, 1.82) is 0 Å².